The number of likely N-dealkylation sites (tertiary alicyclic amines) is 1. The van der Waals surface area contributed by atoms with Gasteiger partial charge in [-0.3, -0.25) is 4.90 Å². The fourth-order valence-corrected chi connectivity index (χ4v) is 4.07. The molecule has 1 aromatic carbocycles. The third-order valence-electron chi connectivity index (χ3n) is 4.05. The first-order chi connectivity index (χ1) is 10.0. The summed E-state index contributed by atoms with van der Waals surface area (Å²) in [5, 5.41) is 3.40. The van der Waals surface area contributed by atoms with Crippen LogP contribution in [0, 0.1) is 0 Å². The van der Waals surface area contributed by atoms with Crippen LogP contribution in [0.5, 0.6) is 0 Å². The maximum atomic E-state index is 12.0. The van der Waals surface area contributed by atoms with E-state index in [-0.39, 0.29) is 5.75 Å². The summed E-state index contributed by atoms with van der Waals surface area (Å²) in [5.41, 5.74) is 0.983. The molecule has 1 unspecified atom stereocenters. The van der Waals surface area contributed by atoms with Crippen LogP contribution in [-0.4, -0.2) is 44.7 Å². The van der Waals surface area contributed by atoms with E-state index in [1.165, 1.54) is 25.9 Å². The van der Waals surface area contributed by atoms with E-state index in [4.69, 9.17) is 0 Å². The molecule has 1 N–H and O–H groups in total. The molecule has 1 atom stereocenters. The monoisotopic (exact) mass is 310 g/mol. The molecular formula is C16H26N2O2S. The number of sulfone groups is 1. The topological polar surface area (TPSA) is 49.4 Å². The van der Waals surface area contributed by atoms with Gasteiger partial charge < -0.3 is 5.32 Å². The summed E-state index contributed by atoms with van der Waals surface area (Å²) in [6.07, 6.45) is 3.25. The number of benzene rings is 1. The normalized spacial score (nSPS) is 17.8. The lowest BCUT2D eigenvalue weighted by Gasteiger charge is -2.24. The van der Waals surface area contributed by atoms with Gasteiger partial charge in [0.25, 0.3) is 0 Å². The molecule has 0 saturated carbocycles. The predicted octanol–water partition coefficient (Wildman–Crippen LogP) is 2.77. The van der Waals surface area contributed by atoms with E-state index in [1.807, 2.05) is 19.1 Å². The molecule has 1 fully saturated rings. The van der Waals surface area contributed by atoms with Crippen LogP contribution in [0.4, 0.5) is 5.69 Å². The van der Waals surface area contributed by atoms with Crippen molar-refractivity contribution >= 4 is 15.5 Å². The van der Waals surface area contributed by atoms with Crippen molar-refractivity contribution in [3.8, 4) is 0 Å². The van der Waals surface area contributed by atoms with E-state index < -0.39 is 9.84 Å². The highest BCUT2D eigenvalue weighted by molar-refractivity contribution is 7.91. The molecule has 0 aromatic heterocycles. The van der Waals surface area contributed by atoms with Gasteiger partial charge in [0.15, 0.2) is 9.84 Å². The van der Waals surface area contributed by atoms with Crippen molar-refractivity contribution in [3.05, 3.63) is 24.3 Å². The number of rotatable bonds is 7. The molecule has 0 aliphatic carbocycles. The minimum Gasteiger partial charge on any atom is -0.383 e. The molecule has 1 aromatic rings. The Labute approximate surface area is 128 Å². The molecule has 0 bridgehead atoms. The molecule has 118 valence electrons. The fourth-order valence-electron chi connectivity index (χ4n) is 2.74. The van der Waals surface area contributed by atoms with Gasteiger partial charge >= 0.3 is 0 Å². The van der Waals surface area contributed by atoms with Gasteiger partial charge in [-0.25, -0.2) is 8.42 Å². The second-order valence-electron chi connectivity index (χ2n) is 5.82. The Bertz CT molecular complexity index is 534. The van der Waals surface area contributed by atoms with E-state index in [0.717, 1.165) is 12.2 Å². The van der Waals surface area contributed by atoms with Crippen LogP contribution in [0.1, 0.15) is 33.1 Å². The molecule has 0 amide bonds. The maximum absolute atomic E-state index is 12.0. The van der Waals surface area contributed by atoms with Gasteiger partial charge in [0.05, 0.1) is 10.6 Å². The Kier molecular flexibility index (Phi) is 5.65. The summed E-state index contributed by atoms with van der Waals surface area (Å²) in [5.74, 6) is 0.214. The average molecular weight is 310 g/mol. The molecule has 21 heavy (non-hydrogen) atoms. The minimum absolute atomic E-state index is 0.214. The van der Waals surface area contributed by atoms with E-state index >= 15 is 0 Å². The molecule has 1 saturated heterocycles. The van der Waals surface area contributed by atoms with Crippen LogP contribution in [0.3, 0.4) is 0 Å². The van der Waals surface area contributed by atoms with Gasteiger partial charge in [0.2, 0.25) is 0 Å². The number of hydrogen-bond donors (Lipinski definition) is 1. The Morgan fingerprint density at radius 1 is 1.19 bits per heavy atom. The van der Waals surface area contributed by atoms with Crippen LogP contribution in [0.15, 0.2) is 29.2 Å². The maximum Gasteiger partial charge on any atom is 0.178 e. The van der Waals surface area contributed by atoms with Crippen molar-refractivity contribution in [1.29, 1.82) is 0 Å². The van der Waals surface area contributed by atoms with Gasteiger partial charge in [0, 0.05) is 18.3 Å². The van der Waals surface area contributed by atoms with Gasteiger partial charge in [-0.2, -0.15) is 0 Å². The lowest BCUT2D eigenvalue weighted by atomic mass is 10.2. The second-order valence-corrected chi connectivity index (χ2v) is 7.93. The summed E-state index contributed by atoms with van der Waals surface area (Å²) in [4.78, 5) is 2.91. The standard InChI is InChI=1S/C16H26N2O2S/c1-3-12-21(19,20)16-8-6-15(7-9-16)17-13-14(2)18-10-4-5-11-18/h6-9,14,17H,3-5,10-13H2,1-2H3. The molecule has 1 aliphatic heterocycles. The van der Waals surface area contributed by atoms with Crippen molar-refractivity contribution < 1.29 is 8.42 Å². The number of anilines is 1. The van der Waals surface area contributed by atoms with E-state index in [2.05, 4.69) is 17.1 Å². The molecule has 2 rings (SSSR count). The molecule has 1 heterocycles. The highest BCUT2D eigenvalue weighted by atomic mass is 32.2. The molecular weight excluding hydrogens is 284 g/mol. The van der Waals surface area contributed by atoms with Crippen molar-refractivity contribution in [2.45, 2.75) is 44.0 Å². The summed E-state index contributed by atoms with van der Waals surface area (Å²) in [6.45, 7) is 7.39. The lowest BCUT2D eigenvalue weighted by Crippen LogP contribution is -2.35. The number of hydrogen-bond acceptors (Lipinski definition) is 4. The zero-order valence-corrected chi connectivity index (χ0v) is 13.8. The Morgan fingerprint density at radius 3 is 2.38 bits per heavy atom. The Morgan fingerprint density at radius 2 is 1.81 bits per heavy atom. The first kappa shape index (κ1) is 16.3. The van der Waals surface area contributed by atoms with E-state index in [9.17, 15) is 8.42 Å². The van der Waals surface area contributed by atoms with Crippen molar-refractivity contribution in [2.24, 2.45) is 0 Å². The second kappa shape index (κ2) is 7.27. The number of nitrogens with zero attached hydrogens (tertiary/aromatic N) is 1. The zero-order chi connectivity index (χ0) is 15.3. The third kappa shape index (κ3) is 4.45. The van der Waals surface area contributed by atoms with Gasteiger partial charge in [-0.15, -0.1) is 0 Å². The minimum atomic E-state index is -3.11. The van der Waals surface area contributed by atoms with Crippen LogP contribution in [0.2, 0.25) is 0 Å². The van der Waals surface area contributed by atoms with Crippen LogP contribution in [-0.2, 0) is 9.84 Å². The zero-order valence-electron chi connectivity index (χ0n) is 13.0. The van der Waals surface area contributed by atoms with Gasteiger partial charge in [0.1, 0.15) is 0 Å². The molecule has 5 heteroatoms. The van der Waals surface area contributed by atoms with E-state index in [0.29, 0.717) is 17.4 Å². The Balaban J connectivity index is 1.90. The smallest absolute Gasteiger partial charge is 0.178 e. The molecule has 0 radical (unpaired) electrons. The molecule has 1 aliphatic rings. The summed E-state index contributed by atoms with van der Waals surface area (Å²) in [7, 11) is -3.11. The summed E-state index contributed by atoms with van der Waals surface area (Å²) < 4.78 is 23.9. The van der Waals surface area contributed by atoms with Gasteiger partial charge in [-0.05, 0) is 63.5 Å². The molecule has 4 nitrogen and oxygen atoms in total. The highest BCUT2D eigenvalue weighted by Gasteiger charge is 2.17. The largest absolute Gasteiger partial charge is 0.383 e. The summed E-state index contributed by atoms with van der Waals surface area (Å²) >= 11 is 0. The Hall–Kier alpha value is -1.07. The highest BCUT2D eigenvalue weighted by Crippen LogP contribution is 2.17. The fraction of sp³-hybridized carbons (Fsp3) is 0.625. The van der Waals surface area contributed by atoms with Crippen molar-refractivity contribution in [2.75, 3.05) is 30.7 Å². The van der Waals surface area contributed by atoms with Crippen LogP contribution >= 0.6 is 0 Å². The average Bonchev–Trinajstić information content (AvgIpc) is 2.99. The lowest BCUT2D eigenvalue weighted by molar-refractivity contribution is 0.269. The number of nitrogens with one attached hydrogen (secondary N) is 1. The van der Waals surface area contributed by atoms with E-state index in [1.54, 1.807) is 12.1 Å². The third-order valence-corrected chi connectivity index (χ3v) is 5.99. The first-order valence-corrected chi connectivity index (χ1v) is 9.49. The molecule has 0 spiro atoms. The first-order valence-electron chi connectivity index (χ1n) is 7.83. The van der Waals surface area contributed by atoms with Crippen LogP contribution in [0.25, 0.3) is 0 Å². The predicted molar refractivity (Wildman–Crippen MR) is 87.5 cm³/mol. The quantitative estimate of drug-likeness (QED) is 0.841. The van der Waals surface area contributed by atoms with Crippen molar-refractivity contribution in [3.63, 3.8) is 0 Å². The SMILES string of the molecule is CCCS(=O)(=O)c1ccc(NCC(C)N2CCCC2)cc1. The van der Waals surface area contributed by atoms with Crippen molar-refractivity contribution in [1.82, 2.24) is 4.90 Å². The van der Waals surface area contributed by atoms with Gasteiger partial charge in [-0.1, -0.05) is 6.92 Å². The van der Waals surface area contributed by atoms with Crippen LogP contribution < -0.4 is 5.32 Å². The summed E-state index contributed by atoms with van der Waals surface area (Å²) in [6, 6.07) is 7.64.